The van der Waals surface area contributed by atoms with E-state index in [1.165, 1.54) is 6.20 Å². The quantitative estimate of drug-likeness (QED) is 0.919. The number of nitrogens with two attached hydrogens (primary N) is 1. The number of hydrogen-bond donors (Lipinski definition) is 1. The molecule has 3 heterocycles. The van der Waals surface area contributed by atoms with E-state index in [2.05, 4.69) is 20.0 Å². The summed E-state index contributed by atoms with van der Waals surface area (Å²) < 4.78 is 1.81. The van der Waals surface area contributed by atoms with Crippen LogP contribution in [0.25, 0.3) is 0 Å². The zero-order valence-corrected chi connectivity index (χ0v) is 13.6. The Bertz CT molecular complexity index is 682. The molecule has 1 aliphatic heterocycles. The van der Waals surface area contributed by atoms with Crippen LogP contribution >= 0.6 is 0 Å². The van der Waals surface area contributed by atoms with Crippen molar-refractivity contribution in [3.05, 3.63) is 35.4 Å². The number of aromatic nitrogens is 4. The number of anilines is 1. The lowest BCUT2D eigenvalue weighted by atomic mass is 9.97. The SMILES string of the molecule is Cc1cc(C)nc(N2CCC(Cn3cc(C(N)=O)cn3)CC2)n1. The molecule has 0 aromatic carbocycles. The van der Waals surface area contributed by atoms with Crippen molar-refractivity contribution in [3.63, 3.8) is 0 Å². The second-order valence-corrected chi connectivity index (χ2v) is 6.20. The monoisotopic (exact) mass is 314 g/mol. The molecule has 7 nitrogen and oxygen atoms in total. The number of carbonyl (C=O) groups excluding carboxylic acids is 1. The van der Waals surface area contributed by atoms with Crippen molar-refractivity contribution in [2.24, 2.45) is 11.7 Å². The van der Waals surface area contributed by atoms with Crippen LogP contribution in [0, 0.1) is 19.8 Å². The van der Waals surface area contributed by atoms with Gasteiger partial charge in [-0.05, 0) is 38.7 Å². The summed E-state index contributed by atoms with van der Waals surface area (Å²) in [7, 11) is 0. The lowest BCUT2D eigenvalue weighted by Gasteiger charge is -2.32. The van der Waals surface area contributed by atoms with E-state index < -0.39 is 5.91 Å². The van der Waals surface area contributed by atoms with E-state index in [1.807, 2.05) is 24.6 Å². The highest BCUT2D eigenvalue weighted by atomic mass is 16.1. The molecule has 0 radical (unpaired) electrons. The highest BCUT2D eigenvalue weighted by Crippen LogP contribution is 2.22. The van der Waals surface area contributed by atoms with Crippen LogP contribution in [0.3, 0.4) is 0 Å². The summed E-state index contributed by atoms with van der Waals surface area (Å²) in [6.45, 7) is 6.70. The van der Waals surface area contributed by atoms with E-state index in [0.717, 1.165) is 49.8 Å². The van der Waals surface area contributed by atoms with Gasteiger partial charge < -0.3 is 10.6 Å². The molecule has 0 unspecified atom stereocenters. The maximum absolute atomic E-state index is 11.1. The van der Waals surface area contributed by atoms with Crippen LogP contribution in [0.1, 0.15) is 34.6 Å². The normalized spacial score (nSPS) is 15.8. The molecule has 2 aromatic heterocycles. The Hall–Kier alpha value is -2.44. The van der Waals surface area contributed by atoms with E-state index in [4.69, 9.17) is 5.73 Å². The molecule has 0 bridgehead atoms. The lowest BCUT2D eigenvalue weighted by Crippen LogP contribution is -2.36. The predicted molar refractivity (Wildman–Crippen MR) is 87.2 cm³/mol. The summed E-state index contributed by atoms with van der Waals surface area (Å²) in [5, 5.41) is 4.21. The minimum atomic E-state index is -0.432. The fourth-order valence-electron chi connectivity index (χ4n) is 3.02. The standard InChI is InChI=1S/C16H22N6O/c1-11-7-12(2)20-16(19-11)21-5-3-13(4-6-21)9-22-10-14(8-18-22)15(17)23/h7-8,10,13H,3-6,9H2,1-2H3,(H2,17,23). The lowest BCUT2D eigenvalue weighted by molar-refractivity contribution is 0.1000. The number of nitrogens with zero attached hydrogens (tertiary/aromatic N) is 5. The summed E-state index contributed by atoms with van der Waals surface area (Å²) >= 11 is 0. The van der Waals surface area contributed by atoms with Crippen molar-refractivity contribution >= 4 is 11.9 Å². The third-order valence-corrected chi connectivity index (χ3v) is 4.23. The van der Waals surface area contributed by atoms with Gasteiger partial charge in [-0.2, -0.15) is 5.10 Å². The number of piperidine rings is 1. The molecule has 0 aliphatic carbocycles. The molecule has 0 spiro atoms. The Balaban J connectivity index is 1.58. The largest absolute Gasteiger partial charge is 0.366 e. The van der Waals surface area contributed by atoms with Gasteiger partial charge in [-0.1, -0.05) is 0 Å². The molecule has 2 aromatic rings. The maximum Gasteiger partial charge on any atom is 0.251 e. The van der Waals surface area contributed by atoms with Crippen molar-refractivity contribution < 1.29 is 4.79 Å². The highest BCUT2D eigenvalue weighted by Gasteiger charge is 2.22. The smallest absolute Gasteiger partial charge is 0.251 e. The zero-order valence-electron chi connectivity index (χ0n) is 13.6. The van der Waals surface area contributed by atoms with E-state index in [0.29, 0.717) is 11.5 Å². The highest BCUT2D eigenvalue weighted by molar-refractivity contribution is 5.92. The van der Waals surface area contributed by atoms with Gasteiger partial charge in [0.05, 0.1) is 11.8 Å². The fourth-order valence-corrected chi connectivity index (χ4v) is 3.02. The Morgan fingerprint density at radius 3 is 2.48 bits per heavy atom. The van der Waals surface area contributed by atoms with Gasteiger partial charge in [-0.25, -0.2) is 9.97 Å². The van der Waals surface area contributed by atoms with Gasteiger partial charge in [-0.3, -0.25) is 9.48 Å². The minimum absolute atomic E-state index is 0.432. The molecular formula is C16H22N6O. The Labute approximate surface area is 135 Å². The molecular weight excluding hydrogens is 292 g/mol. The van der Waals surface area contributed by atoms with Crippen LogP contribution in [0.5, 0.6) is 0 Å². The summed E-state index contributed by atoms with van der Waals surface area (Å²) in [6, 6.07) is 1.99. The topological polar surface area (TPSA) is 89.9 Å². The van der Waals surface area contributed by atoms with Crippen molar-refractivity contribution in [1.29, 1.82) is 0 Å². The molecule has 122 valence electrons. The number of hydrogen-bond acceptors (Lipinski definition) is 5. The average Bonchev–Trinajstić information content (AvgIpc) is 2.96. The first-order chi connectivity index (χ1) is 11.0. The van der Waals surface area contributed by atoms with E-state index in [9.17, 15) is 4.79 Å². The van der Waals surface area contributed by atoms with Gasteiger partial charge >= 0.3 is 0 Å². The summed E-state index contributed by atoms with van der Waals surface area (Å²) in [5.41, 5.74) is 7.73. The Morgan fingerprint density at radius 2 is 1.91 bits per heavy atom. The first-order valence-electron chi connectivity index (χ1n) is 7.91. The van der Waals surface area contributed by atoms with Crippen LogP contribution in [0.2, 0.25) is 0 Å². The average molecular weight is 314 g/mol. The van der Waals surface area contributed by atoms with Crippen LogP contribution in [-0.2, 0) is 6.54 Å². The van der Waals surface area contributed by atoms with Crippen LogP contribution in [0.15, 0.2) is 18.5 Å². The molecule has 0 saturated carbocycles. The Kier molecular flexibility index (Phi) is 4.27. The third kappa shape index (κ3) is 3.67. The van der Waals surface area contributed by atoms with Crippen molar-refractivity contribution in [1.82, 2.24) is 19.7 Å². The zero-order chi connectivity index (χ0) is 16.4. The number of rotatable bonds is 4. The first kappa shape index (κ1) is 15.5. The fraction of sp³-hybridized carbons (Fsp3) is 0.500. The number of aryl methyl sites for hydroxylation is 2. The molecule has 1 fully saturated rings. The summed E-state index contributed by atoms with van der Waals surface area (Å²) in [6.07, 6.45) is 5.37. The predicted octanol–water partition coefficient (Wildman–Crippen LogP) is 1.31. The van der Waals surface area contributed by atoms with E-state index in [-0.39, 0.29) is 0 Å². The van der Waals surface area contributed by atoms with Crippen LogP contribution < -0.4 is 10.6 Å². The summed E-state index contributed by atoms with van der Waals surface area (Å²) in [5.74, 6) is 0.937. The van der Waals surface area contributed by atoms with Crippen LogP contribution in [-0.4, -0.2) is 38.7 Å². The number of amides is 1. The first-order valence-corrected chi connectivity index (χ1v) is 7.91. The number of primary amides is 1. The van der Waals surface area contributed by atoms with E-state index >= 15 is 0 Å². The molecule has 1 aliphatic rings. The maximum atomic E-state index is 11.1. The van der Waals surface area contributed by atoms with Gasteiger partial charge in [0.25, 0.3) is 5.91 Å². The van der Waals surface area contributed by atoms with Gasteiger partial charge in [0, 0.05) is 37.2 Å². The minimum Gasteiger partial charge on any atom is -0.366 e. The Morgan fingerprint density at radius 1 is 1.26 bits per heavy atom. The molecule has 1 saturated heterocycles. The molecule has 2 N–H and O–H groups in total. The van der Waals surface area contributed by atoms with Gasteiger partial charge in [-0.15, -0.1) is 0 Å². The molecule has 1 amide bonds. The molecule has 0 atom stereocenters. The summed E-state index contributed by atoms with van der Waals surface area (Å²) in [4.78, 5) is 22.4. The molecule has 7 heteroatoms. The second kappa shape index (κ2) is 6.36. The van der Waals surface area contributed by atoms with Crippen LogP contribution in [0.4, 0.5) is 5.95 Å². The van der Waals surface area contributed by atoms with Gasteiger partial charge in [0.15, 0.2) is 0 Å². The van der Waals surface area contributed by atoms with Gasteiger partial charge in [0.2, 0.25) is 5.95 Å². The van der Waals surface area contributed by atoms with Gasteiger partial charge in [0.1, 0.15) is 0 Å². The van der Waals surface area contributed by atoms with E-state index in [1.54, 1.807) is 6.20 Å². The van der Waals surface area contributed by atoms with Crippen molar-refractivity contribution in [3.8, 4) is 0 Å². The second-order valence-electron chi connectivity index (χ2n) is 6.20. The molecule has 3 rings (SSSR count). The third-order valence-electron chi connectivity index (χ3n) is 4.23. The molecule has 23 heavy (non-hydrogen) atoms. The van der Waals surface area contributed by atoms with Crippen molar-refractivity contribution in [2.45, 2.75) is 33.2 Å². The van der Waals surface area contributed by atoms with Crippen molar-refractivity contribution in [2.75, 3.05) is 18.0 Å². The number of carbonyl (C=O) groups is 1.